The fraction of sp³-hybridized carbons (Fsp3) is 0.379. The summed E-state index contributed by atoms with van der Waals surface area (Å²) in [5, 5.41) is 2.03. The van der Waals surface area contributed by atoms with Gasteiger partial charge in [-0.05, 0) is 48.6 Å². The zero-order chi connectivity index (χ0) is 24.9. The lowest BCUT2D eigenvalue weighted by atomic mass is 9.77. The largest absolute Gasteiger partial charge is 0.465 e. The molecule has 0 atom stereocenters. The maximum Gasteiger partial charge on any atom is 0.323 e. The molecular formula is C29H34O6. The molecule has 0 aliphatic heterocycles. The summed E-state index contributed by atoms with van der Waals surface area (Å²) in [6.07, 6.45) is 0.312. The Morgan fingerprint density at radius 1 is 0.714 bits per heavy atom. The van der Waals surface area contributed by atoms with Crippen molar-refractivity contribution in [2.75, 3.05) is 33.0 Å². The van der Waals surface area contributed by atoms with E-state index in [2.05, 4.69) is 0 Å². The Hall–Kier alpha value is -3.22. The lowest BCUT2D eigenvalue weighted by Crippen LogP contribution is -2.45. The Balaban J connectivity index is 1.71. The number of hydrogen-bond acceptors (Lipinski definition) is 6. The van der Waals surface area contributed by atoms with Crippen LogP contribution in [0.25, 0.3) is 10.8 Å². The summed E-state index contributed by atoms with van der Waals surface area (Å²) in [5.41, 5.74) is 0.475. The van der Waals surface area contributed by atoms with Crippen molar-refractivity contribution in [3.05, 3.63) is 83.9 Å². The molecule has 0 saturated carbocycles. The highest BCUT2D eigenvalue weighted by molar-refractivity contribution is 6.01. The van der Waals surface area contributed by atoms with Gasteiger partial charge in [0, 0.05) is 6.61 Å². The molecule has 0 radical (unpaired) electrons. The highest BCUT2D eigenvalue weighted by Crippen LogP contribution is 2.34. The first-order chi connectivity index (χ1) is 17.1. The van der Waals surface area contributed by atoms with Crippen LogP contribution >= 0.6 is 0 Å². The molecular weight excluding hydrogens is 444 g/mol. The van der Waals surface area contributed by atoms with E-state index in [0.717, 1.165) is 21.9 Å². The van der Waals surface area contributed by atoms with Crippen molar-refractivity contribution in [3.63, 3.8) is 0 Å². The maximum absolute atomic E-state index is 13.2. The summed E-state index contributed by atoms with van der Waals surface area (Å²) >= 11 is 0. The zero-order valence-electron chi connectivity index (χ0n) is 20.5. The average Bonchev–Trinajstić information content (AvgIpc) is 2.88. The lowest BCUT2D eigenvalue weighted by Gasteiger charge is -2.29. The van der Waals surface area contributed by atoms with E-state index in [-0.39, 0.29) is 32.7 Å². The first-order valence-electron chi connectivity index (χ1n) is 12.1. The molecule has 0 saturated heterocycles. The van der Waals surface area contributed by atoms with Gasteiger partial charge < -0.3 is 18.9 Å². The van der Waals surface area contributed by atoms with Gasteiger partial charge in [-0.25, -0.2) is 0 Å². The second-order valence-corrected chi connectivity index (χ2v) is 8.24. The molecule has 35 heavy (non-hydrogen) atoms. The monoisotopic (exact) mass is 478 g/mol. The van der Waals surface area contributed by atoms with Gasteiger partial charge >= 0.3 is 11.9 Å². The highest BCUT2D eigenvalue weighted by atomic mass is 16.6. The predicted octanol–water partition coefficient (Wildman–Crippen LogP) is 5.12. The molecule has 3 aromatic rings. The highest BCUT2D eigenvalue weighted by Gasteiger charge is 2.49. The summed E-state index contributed by atoms with van der Waals surface area (Å²) in [6, 6.07) is 23.7. The van der Waals surface area contributed by atoms with E-state index < -0.39 is 17.4 Å². The van der Waals surface area contributed by atoms with Gasteiger partial charge in [0.1, 0.15) is 0 Å². The van der Waals surface area contributed by atoms with Gasteiger partial charge in [0.2, 0.25) is 0 Å². The number of ether oxygens (including phenoxy) is 4. The number of esters is 2. The molecule has 0 unspecified atom stereocenters. The molecule has 0 aliphatic carbocycles. The van der Waals surface area contributed by atoms with Crippen LogP contribution in [0.2, 0.25) is 0 Å². The van der Waals surface area contributed by atoms with Crippen LogP contribution in [-0.4, -0.2) is 45.0 Å². The molecule has 6 nitrogen and oxygen atoms in total. The second-order valence-electron chi connectivity index (χ2n) is 8.24. The van der Waals surface area contributed by atoms with Crippen molar-refractivity contribution >= 4 is 22.7 Å². The van der Waals surface area contributed by atoms with Gasteiger partial charge in [-0.2, -0.15) is 0 Å². The van der Waals surface area contributed by atoms with Crippen molar-refractivity contribution in [1.82, 2.24) is 0 Å². The topological polar surface area (TPSA) is 71.1 Å². The molecule has 3 aromatic carbocycles. The van der Waals surface area contributed by atoms with Crippen LogP contribution in [0.4, 0.5) is 0 Å². The Morgan fingerprint density at radius 3 is 2.06 bits per heavy atom. The van der Waals surface area contributed by atoms with Crippen molar-refractivity contribution in [2.24, 2.45) is 5.41 Å². The van der Waals surface area contributed by atoms with E-state index in [0.29, 0.717) is 19.8 Å². The molecule has 0 bridgehead atoms. The maximum atomic E-state index is 13.2. The van der Waals surface area contributed by atoms with Gasteiger partial charge in [0.05, 0.1) is 33.0 Å². The van der Waals surface area contributed by atoms with Gasteiger partial charge in [0.15, 0.2) is 5.41 Å². The summed E-state index contributed by atoms with van der Waals surface area (Å²) in [7, 11) is 0. The summed E-state index contributed by atoms with van der Waals surface area (Å²) < 4.78 is 22.2. The molecule has 0 aromatic heterocycles. The molecule has 0 amide bonds. The average molecular weight is 479 g/mol. The van der Waals surface area contributed by atoms with Crippen molar-refractivity contribution in [1.29, 1.82) is 0 Å². The van der Waals surface area contributed by atoms with E-state index >= 15 is 0 Å². The van der Waals surface area contributed by atoms with Crippen LogP contribution in [0.15, 0.2) is 72.8 Å². The molecule has 0 spiro atoms. The Bertz CT molecular complexity index is 1060. The third-order valence-corrected chi connectivity index (χ3v) is 5.86. The second kappa shape index (κ2) is 13.6. The number of carbonyl (C=O) groups is 2. The molecule has 186 valence electrons. The standard InChI is InChI=1S/C29H34O6/c1-3-34-27(30)29(28(31)35-4-2,21-25-15-10-14-24-13-8-9-16-26(24)25)17-18-32-19-20-33-22-23-11-6-5-7-12-23/h5-16H,3-4,17-22H2,1-2H3. The summed E-state index contributed by atoms with van der Waals surface area (Å²) in [6.45, 7) is 5.25. The molecule has 0 heterocycles. The zero-order valence-corrected chi connectivity index (χ0v) is 20.5. The van der Waals surface area contributed by atoms with E-state index in [9.17, 15) is 9.59 Å². The van der Waals surface area contributed by atoms with E-state index in [4.69, 9.17) is 18.9 Å². The van der Waals surface area contributed by atoms with Crippen molar-refractivity contribution < 1.29 is 28.5 Å². The smallest absolute Gasteiger partial charge is 0.323 e. The van der Waals surface area contributed by atoms with E-state index in [1.807, 2.05) is 72.8 Å². The van der Waals surface area contributed by atoms with Gasteiger partial charge in [-0.15, -0.1) is 0 Å². The van der Waals surface area contributed by atoms with Crippen LogP contribution in [-0.2, 0) is 41.6 Å². The predicted molar refractivity (Wildman–Crippen MR) is 135 cm³/mol. The fourth-order valence-electron chi connectivity index (χ4n) is 4.06. The third kappa shape index (κ3) is 7.13. The first-order valence-corrected chi connectivity index (χ1v) is 12.1. The molecule has 6 heteroatoms. The van der Waals surface area contributed by atoms with Crippen LogP contribution in [0.5, 0.6) is 0 Å². The Kier molecular flexibility index (Phi) is 10.3. The van der Waals surface area contributed by atoms with Gasteiger partial charge in [-0.1, -0.05) is 72.8 Å². The molecule has 0 N–H and O–H groups in total. The molecule has 0 fully saturated rings. The lowest BCUT2D eigenvalue weighted by molar-refractivity contribution is -0.173. The molecule has 0 aliphatic rings. The fourth-order valence-corrected chi connectivity index (χ4v) is 4.06. The molecule has 3 rings (SSSR count). The number of benzene rings is 3. The van der Waals surface area contributed by atoms with Crippen LogP contribution < -0.4 is 0 Å². The minimum atomic E-state index is -1.50. The van der Waals surface area contributed by atoms with Crippen molar-refractivity contribution in [2.45, 2.75) is 33.3 Å². The Labute approximate surface area is 207 Å². The van der Waals surface area contributed by atoms with Crippen LogP contribution in [0.1, 0.15) is 31.4 Å². The first kappa shape index (κ1) is 26.4. The normalized spacial score (nSPS) is 11.4. The number of fused-ring (bicyclic) bond motifs is 1. The van der Waals surface area contributed by atoms with Crippen LogP contribution in [0.3, 0.4) is 0 Å². The van der Waals surface area contributed by atoms with E-state index in [1.165, 1.54) is 0 Å². The van der Waals surface area contributed by atoms with Gasteiger partial charge in [0.25, 0.3) is 0 Å². The summed E-state index contributed by atoms with van der Waals surface area (Å²) in [5.74, 6) is -1.18. The summed E-state index contributed by atoms with van der Waals surface area (Å²) in [4.78, 5) is 26.5. The van der Waals surface area contributed by atoms with E-state index in [1.54, 1.807) is 13.8 Å². The number of hydrogen-bond donors (Lipinski definition) is 0. The SMILES string of the molecule is CCOC(=O)C(CCOCCOCc1ccccc1)(Cc1cccc2ccccc12)C(=O)OCC. The van der Waals surface area contributed by atoms with Crippen molar-refractivity contribution in [3.8, 4) is 0 Å². The van der Waals surface area contributed by atoms with Crippen LogP contribution in [0, 0.1) is 5.41 Å². The quantitative estimate of drug-likeness (QED) is 0.182. The number of carbonyl (C=O) groups excluding carboxylic acids is 2. The minimum Gasteiger partial charge on any atom is -0.465 e. The van der Waals surface area contributed by atoms with Gasteiger partial charge in [-0.3, -0.25) is 9.59 Å². The Morgan fingerprint density at radius 2 is 1.34 bits per heavy atom. The third-order valence-electron chi connectivity index (χ3n) is 5.86. The number of rotatable bonds is 14. The minimum absolute atomic E-state index is 0.145.